The van der Waals surface area contributed by atoms with Crippen LogP contribution in [0.1, 0.15) is 18.2 Å². The molecular weight excluding hydrogens is 314 g/mol. The van der Waals surface area contributed by atoms with Crippen LogP contribution in [-0.4, -0.2) is 9.97 Å². The lowest BCUT2D eigenvalue weighted by Gasteiger charge is -2.11. The normalized spacial score (nSPS) is 17.2. The van der Waals surface area contributed by atoms with Crippen molar-refractivity contribution in [2.45, 2.75) is 19.8 Å². The molecule has 120 valence electrons. The van der Waals surface area contributed by atoms with Crippen molar-refractivity contribution in [3.63, 3.8) is 0 Å². The van der Waals surface area contributed by atoms with Crippen molar-refractivity contribution >= 4 is 27.4 Å². The third-order valence-electron chi connectivity index (χ3n) is 4.22. The quantitative estimate of drug-likeness (QED) is 0.733. The van der Waals surface area contributed by atoms with Gasteiger partial charge in [-0.1, -0.05) is 55.5 Å². The first-order valence-corrected chi connectivity index (χ1v) is 8.99. The average molecular weight is 333 g/mol. The predicted octanol–water partition coefficient (Wildman–Crippen LogP) is 5.01. The Balaban J connectivity index is 1.70. The summed E-state index contributed by atoms with van der Waals surface area (Å²) >= 11 is 1.71. The third kappa shape index (κ3) is 2.97. The zero-order valence-electron chi connectivity index (χ0n) is 13.6. The molecule has 4 rings (SSSR count). The molecule has 1 atom stereocenters. The minimum absolute atomic E-state index is 0.558. The summed E-state index contributed by atoms with van der Waals surface area (Å²) < 4.78 is 0. The van der Waals surface area contributed by atoms with Gasteiger partial charge >= 0.3 is 0 Å². The van der Waals surface area contributed by atoms with Gasteiger partial charge in [0.15, 0.2) is 5.82 Å². The van der Waals surface area contributed by atoms with Crippen molar-refractivity contribution in [2.24, 2.45) is 5.92 Å². The number of thiophene rings is 1. The van der Waals surface area contributed by atoms with Crippen LogP contribution < -0.4 is 5.73 Å². The number of aromatic nitrogens is 2. The fraction of sp³-hybridized carbons (Fsp3) is 0.200. The highest BCUT2D eigenvalue weighted by Gasteiger charge is 2.12. The van der Waals surface area contributed by atoms with E-state index in [0.29, 0.717) is 17.6 Å². The molecule has 0 fully saturated rings. The summed E-state index contributed by atoms with van der Waals surface area (Å²) in [6, 6.07) is 12.1. The fourth-order valence-electron chi connectivity index (χ4n) is 3.04. The SMILES string of the molecule is CC1C=C(Cc2cc3c(N)nc(-c4ccccc4)nc3s2)C=CC1. The molecular formula is C20H19N3S. The lowest BCUT2D eigenvalue weighted by molar-refractivity contribution is 0.726. The Morgan fingerprint density at radius 1 is 1.21 bits per heavy atom. The van der Waals surface area contributed by atoms with Gasteiger partial charge < -0.3 is 5.73 Å². The maximum absolute atomic E-state index is 6.19. The van der Waals surface area contributed by atoms with E-state index in [4.69, 9.17) is 10.7 Å². The van der Waals surface area contributed by atoms with Gasteiger partial charge in [-0.2, -0.15) is 0 Å². The van der Waals surface area contributed by atoms with E-state index in [2.05, 4.69) is 36.2 Å². The molecule has 3 aromatic rings. The van der Waals surface area contributed by atoms with Crippen molar-refractivity contribution in [3.8, 4) is 11.4 Å². The number of nitrogens with two attached hydrogens (primary N) is 1. The zero-order chi connectivity index (χ0) is 16.5. The van der Waals surface area contributed by atoms with Gasteiger partial charge in [0.1, 0.15) is 10.6 Å². The number of nitrogens with zero attached hydrogens (tertiary/aromatic N) is 2. The Morgan fingerprint density at radius 3 is 2.83 bits per heavy atom. The van der Waals surface area contributed by atoms with Gasteiger partial charge in [0.25, 0.3) is 0 Å². The highest BCUT2D eigenvalue weighted by Crippen LogP contribution is 2.32. The van der Waals surface area contributed by atoms with Crippen LogP contribution in [0, 0.1) is 5.92 Å². The standard InChI is InChI=1S/C20H19N3S/c1-13-6-5-7-14(10-13)11-16-12-17-18(21)22-19(23-20(17)24-16)15-8-3-2-4-9-15/h2-5,7-10,12-13H,6,11H2,1H3,(H2,21,22,23). The van der Waals surface area contributed by atoms with Crippen LogP contribution in [0.25, 0.3) is 21.6 Å². The van der Waals surface area contributed by atoms with Crippen LogP contribution in [0.3, 0.4) is 0 Å². The lowest BCUT2D eigenvalue weighted by atomic mass is 9.96. The van der Waals surface area contributed by atoms with Gasteiger partial charge in [0.05, 0.1) is 5.39 Å². The van der Waals surface area contributed by atoms with Gasteiger partial charge in [-0.3, -0.25) is 0 Å². The van der Waals surface area contributed by atoms with E-state index in [1.807, 2.05) is 30.3 Å². The third-order valence-corrected chi connectivity index (χ3v) is 5.25. The second kappa shape index (κ2) is 6.21. The molecule has 1 aliphatic carbocycles. The number of benzene rings is 1. The van der Waals surface area contributed by atoms with Crippen molar-refractivity contribution in [1.82, 2.24) is 9.97 Å². The van der Waals surface area contributed by atoms with E-state index in [1.54, 1.807) is 11.3 Å². The molecule has 4 heteroatoms. The van der Waals surface area contributed by atoms with Crippen molar-refractivity contribution in [2.75, 3.05) is 5.73 Å². The largest absolute Gasteiger partial charge is 0.383 e. The first-order chi connectivity index (χ1) is 11.7. The number of anilines is 1. The molecule has 0 bridgehead atoms. The Hall–Kier alpha value is -2.46. The van der Waals surface area contributed by atoms with Crippen LogP contribution in [0.4, 0.5) is 5.82 Å². The minimum atomic E-state index is 0.558. The van der Waals surface area contributed by atoms with E-state index < -0.39 is 0 Å². The maximum atomic E-state index is 6.19. The molecule has 1 aromatic carbocycles. The van der Waals surface area contributed by atoms with Crippen molar-refractivity contribution in [1.29, 1.82) is 0 Å². The summed E-state index contributed by atoms with van der Waals surface area (Å²) in [7, 11) is 0. The van der Waals surface area contributed by atoms with E-state index in [9.17, 15) is 0 Å². The zero-order valence-corrected chi connectivity index (χ0v) is 14.4. The topological polar surface area (TPSA) is 51.8 Å². The highest BCUT2D eigenvalue weighted by molar-refractivity contribution is 7.18. The van der Waals surface area contributed by atoms with E-state index in [-0.39, 0.29) is 0 Å². The Kier molecular flexibility index (Phi) is 3.90. The second-order valence-corrected chi connectivity index (χ2v) is 7.38. The first kappa shape index (κ1) is 15.1. The summed E-state index contributed by atoms with van der Waals surface area (Å²) in [6.07, 6.45) is 8.91. The average Bonchev–Trinajstić information content (AvgIpc) is 2.99. The lowest BCUT2D eigenvalue weighted by Crippen LogP contribution is -1.97. The molecule has 0 amide bonds. The Bertz CT molecular complexity index is 938. The summed E-state index contributed by atoms with van der Waals surface area (Å²) in [5.41, 5.74) is 8.55. The van der Waals surface area contributed by atoms with E-state index >= 15 is 0 Å². The molecule has 2 heterocycles. The van der Waals surface area contributed by atoms with Gasteiger partial charge in [-0.25, -0.2) is 9.97 Å². The van der Waals surface area contributed by atoms with Crippen LogP contribution in [0.15, 0.2) is 60.2 Å². The Morgan fingerprint density at radius 2 is 2.04 bits per heavy atom. The molecule has 24 heavy (non-hydrogen) atoms. The molecule has 1 aliphatic rings. The van der Waals surface area contributed by atoms with E-state index in [0.717, 1.165) is 28.6 Å². The van der Waals surface area contributed by atoms with Crippen LogP contribution in [0.5, 0.6) is 0 Å². The molecule has 0 saturated carbocycles. The number of nitrogen functional groups attached to an aromatic ring is 1. The number of hydrogen-bond acceptors (Lipinski definition) is 4. The van der Waals surface area contributed by atoms with Gasteiger partial charge in [0.2, 0.25) is 0 Å². The monoisotopic (exact) mass is 333 g/mol. The fourth-order valence-corrected chi connectivity index (χ4v) is 4.11. The smallest absolute Gasteiger partial charge is 0.163 e. The summed E-state index contributed by atoms with van der Waals surface area (Å²) in [6.45, 7) is 2.25. The van der Waals surface area contributed by atoms with Gasteiger partial charge in [-0.15, -0.1) is 11.3 Å². The molecule has 3 nitrogen and oxygen atoms in total. The molecule has 2 N–H and O–H groups in total. The van der Waals surface area contributed by atoms with Crippen molar-refractivity contribution < 1.29 is 0 Å². The number of fused-ring (bicyclic) bond motifs is 1. The predicted molar refractivity (Wildman–Crippen MR) is 102 cm³/mol. The minimum Gasteiger partial charge on any atom is -0.383 e. The van der Waals surface area contributed by atoms with Crippen LogP contribution in [0.2, 0.25) is 0 Å². The number of hydrogen-bond donors (Lipinski definition) is 1. The number of allylic oxidation sites excluding steroid dienone is 4. The van der Waals surface area contributed by atoms with Crippen LogP contribution >= 0.6 is 11.3 Å². The van der Waals surface area contributed by atoms with Gasteiger partial charge in [-0.05, 0) is 24.0 Å². The summed E-state index contributed by atoms with van der Waals surface area (Å²) in [4.78, 5) is 11.5. The molecule has 0 spiro atoms. The summed E-state index contributed by atoms with van der Waals surface area (Å²) in [5, 5.41) is 0.961. The van der Waals surface area contributed by atoms with E-state index in [1.165, 1.54) is 10.5 Å². The van der Waals surface area contributed by atoms with Gasteiger partial charge in [0, 0.05) is 16.9 Å². The van der Waals surface area contributed by atoms with Crippen LogP contribution in [-0.2, 0) is 6.42 Å². The number of rotatable bonds is 3. The molecule has 0 aliphatic heterocycles. The second-order valence-electron chi connectivity index (χ2n) is 6.26. The maximum Gasteiger partial charge on any atom is 0.163 e. The molecule has 2 aromatic heterocycles. The molecule has 0 radical (unpaired) electrons. The molecule has 0 saturated heterocycles. The summed E-state index contributed by atoms with van der Waals surface area (Å²) in [5.74, 6) is 1.87. The Labute approximate surface area is 145 Å². The first-order valence-electron chi connectivity index (χ1n) is 8.17. The van der Waals surface area contributed by atoms with Crippen molar-refractivity contribution in [3.05, 3.63) is 65.1 Å². The molecule has 1 unspecified atom stereocenters. The highest BCUT2D eigenvalue weighted by atomic mass is 32.1.